The van der Waals surface area contributed by atoms with Gasteiger partial charge in [0.25, 0.3) is 0 Å². The van der Waals surface area contributed by atoms with Crippen LogP contribution in [-0.2, 0) is 4.79 Å². The number of hydrogen-bond donors (Lipinski definition) is 0. The summed E-state index contributed by atoms with van der Waals surface area (Å²) < 4.78 is 0. The van der Waals surface area contributed by atoms with Crippen LogP contribution >= 0.6 is 11.6 Å². The summed E-state index contributed by atoms with van der Waals surface area (Å²) >= 11 is 6.15. The summed E-state index contributed by atoms with van der Waals surface area (Å²) in [5.74, 6) is 0.195. The minimum atomic E-state index is -0.0933. The highest BCUT2D eigenvalue weighted by Gasteiger charge is 2.33. The van der Waals surface area contributed by atoms with E-state index >= 15 is 0 Å². The lowest BCUT2D eigenvalue weighted by molar-refractivity contribution is -0.125. The molecule has 1 aliphatic carbocycles. The molecule has 1 fully saturated rings. The standard InChI is InChI=1S/C21H21ClO2/c22-17-10-6-9-16(13-17)19(18-11-4-5-12-20(18)23)14-21(24)15-7-2-1-3-8-15/h1-3,6-10,13,18-19H,4-5,11-12,14H2. The molecule has 2 atom stereocenters. The maximum Gasteiger partial charge on any atom is 0.163 e. The Labute approximate surface area is 147 Å². The summed E-state index contributed by atoms with van der Waals surface area (Å²) in [5, 5.41) is 0.646. The van der Waals surface area contributed by atoms with Crippen molar-refractivity contribution in [2.24, 2.45) is 5.92 Å². The van der Waals surface area contributed by atoms with Crippen LogP contribution < -0.4 is 0 Å². The monoisotopic (exact) mass is 340 g/mol. The highest BCUT2D eigenvalue weighted by molar-refractivity contribution is 6.30. The maximum atomic E-state index is 12.7. The van der Waals surface area contributed by atoms with Crippen molar-refractivity contribution in [1.82, 2.24) is 0 Å². The maximum absolute atomic E-state index is 12.7. The van der Waals surface area contributed by atoms with E-state index in [-0.39, 0.29) is 23.4 Å². The van der Waals surface area contributed by atoms with Crippen LogP contribution in [0.4, 0.5) is 0 Å². The molecule has 24 heavy (non-hydrogen) atoms. The van der Waals surface area contributed by atoms with E-state index in [4.69, 9.17) is 11.6 Å². The third kappa shape index (κ3) is 3.93. The second-order valence-electron chi connectivity index (χ2n) is 6.47. The number of carbonyl (C=O) groups excluding carboxylic acids is 2. The molecule has 0 N–H and O–H groups in total. The van der Waals surface area contributed by atoms with Gasteiger partial charge in [-0.15, -0.1) is 0 Å². The highest BCUT2D eigenvalue weighted by atomic mass is 35.5. The quantitative estimate of drug-likeness (QED) is 0.677. The van der Waals surface area contributed by atoms with Gasteiger partial charge in [-0.25, -0.2) is 0 Å². The van der Waals surface area contributed by atoms with Crippen LogP contribution in [0.3, 0.4) is 0 Å². The van der Waals surface area contributed by atoms with E-state index in [2.05, 4.69) is 0 Å². The molecule has 0 spiro atoms. The molecule has 1 aliphatic rings. The molecule has 2 aromatic rings. The van der Waals surface area contributed by atoms with Crippen LogP contribution in [0.5, 0.6) is 0 Å². The molecule has 0 radical (unpaired) electrons. The van der Waals surface area contributed by atoms with Gasteiger partial charge in [-0.2, -0.15) is 0 Å². The lowest BCUT2D eigenvalue weighted by Crippen LogP contribution is -2.27. The minimum Gasteiger partial charge on any atom is -0.299 e. The Hall–Kier alpha value is -1.93. The van der Waals surface area contributed by atoms with Crippen molar-refractivity contribution >= 4 is 23.2 Å². The van der Waals surface area contributed by atoms with Crippen molar-refractivity contribution < 1.29 is 9.59 Å². The molecule has 3 heteroatoms. The van der Waals surface area contributed by atoms with E-state index in [9.17, 15) is 9.59 Å². The van der Waals surface area contributed by atoms with Gasteiger partial charge in [0.15, 0.2) is 5.78 Å². The molecule has 124 valence electrons. The van der Waals surface area contributed by atoms with Gasteiger partial charge >= 0.3 is 0 Å². The van der Waals surface area contributed by atoms with E-state index in [0.717, 1.165) is 24.8 Å². The van der Waals surface area contributed by atoms with Crippen LogP contribution in [-0.4, -0.2) is 11.6 Å². The third-order valence-electron chi connectivity index (χ3n) is 4.87. The Morgan fingerprint density at radius 2 is 1.88 bits per heavy atom. The van der Waals surface area contributed by atoms with E-state index in [0.29, 0.717) is 23.4 Å². The first-order chi connectivity index (χ1) is 11.6. The molecule has 0 amide bonds. The van der Waals surface area contributed by atoms with Crippen LogP contribution in [0, 0.1) is 5.92 Å². The zero-order valence-electron chi connectivity index (χ0n) is 13.6. The summed E-state index contributed by atoms with van der Waals surface area (Å²) in [6.45, 7) is 0. The smallest absolute Gasteiger partial charge is 0.163 e. The molecule has 2 nitrogen and oxygen atoms in total. The first kappa shape index (κ1) is 16.9. The molecule has 1 saturated carbocycles. The largest absolute Gasteiger partial charge is 0.299 e. The normalized spacial score (nSPS) is 19.0. The van der Waals surface area contributed by atoms with Crippen molar-refractivity contribution in [3.63, 3.8) is 0 Å². The van der Waals surface area contributed by atoms with Crippen molar-refractivity contribution in [3.05, 3.63) is 70.7 Å². The second-order valence-corrected chi connectivity index (χ2v) is 6.91. The molecule has 0 heterocycles. The SMILES string of the molecule is O=C(CC(c1cccc(Cl)c1)C1CCCCC1=O)c1ccccc1. The van der Waals surface area contributed by atoms with Gasteiger partial charge in [0, 0.05) is 35.3 Å². The number of Topliss-reactive ketones (excluding diaryl/α,β-unsaturated/α-hetero) is 2. The van der Waals surface area contributed by atoms with Gasteiger partial charge in [-0.05, 0) is 30.5 Å². The molecular weight excluding hydrogens is 320 g/mol. The Morgan fingerprint density at radius 1 is 1.08 bits per heavy atom. The van der Waals surface area contributed by atoms with Crippen LogP contribution in [0.25, 0.3) is 0 Å². The van der Waals surface area contributed by atoms with Crippen LogP contribution in [0.15, 0.2) is 54.6 Å². The van der Waals surface area contributed by atoms with Gasteiger partial charge in [0.2, 0.25) is 0 Å². The molecule has 2 aromatic carbocycles. The van der Waals surface area contributed by atoms with Crippen molar-refractivity contribution in [3.8, 4) is 0 Å². The topological polar surface area (TPSA) is 34.1 Å². The molecule has 2 unspecified atom stereocenters. The number of ketones is 2. The Kier molecular flexibility index (Phi) is 5.47. The van der Waals surface area contributed by atoms with E-state index in [1.54, 1.807) is 0 Å². The predicted octanol–water partition coefficient (Wildman–Crippen LogP) is 5.46. The van der Waals surface area contributed by atoms with E-state index in [1.807, 2.05) is 54.6 Å². The fraction of sp³-hybridized carbons (Fsp3) is 0.333. The molecular formula is C21H21ClO2. The average Bonchev–Trinajstić information content (AvgIpc) is 2.61. The number of carbonyl (C=O) groups is 2. The van der Waals surface area contributed by atoms with Gasteiger partial charge in [-0.1, -0.05) is 60.5 Å². The Bertz CT molecular complexity index is 724. The fourth-order valence-corrected chi connectivity index (χ4v) is 3.81. The number of rotatable bonds is 5. The summed E-state index contributed by atoms with van der Waals surface area (Å²) in [7, 11) is 0. The molecule has 3 rings (SSSR count). The second kappa shape index (κ2) is 7.76. The fourth-order valence-electron chi connectivity index (χ4n) is 3.61. The Balaban J connectivity index is 1.90. The van der Waals surface area contributed by atoms with Gasteiger partial charge in [0.1, 0.15) is 5.78 Å². The minimum absolute atomic E-state index is 0.0788. The van der Waals surface area contributed by atoms with Gasteiger partial charge in [0.05, 0.1) is 0 Å². The van der Waals surface area contributed by atoms with Crippen LogP contribution in [0.2, 0.25) is 5.02 Å². The Morgan fingerprint density at radius 3 is 2.58 bits per heavy atom. The zero-order chi connectivity index (χ0) is 16.9. The lowest BCUT2D eigenvalue weighted by Gasteiger charge is -2.29. The summed E-state index contributed by atoms with van der Waals surface area (Å²) in [6, 6.07) is 16.9. The summed E-state index contributed by atoms with van der Waals surface area (Å²) in [4.78, 5) is 25.2. The third-order valence-corrected chi connectivity index (χ3v) is 5.10. The van der Waals surface area contributed by atoms with E-state index in [1.165, 1.54) is 0 Å². The highest BCUT2D eigenvalue weighted by Crippen LogP contribution is 2.37. The van der Waals surface area contributed by atoms with Gasteiger partial charge in [-0.3, -0.25) is 9.59 Å². The molecule has 0 aliphatic heterocycles. The first-order valence-corrected chi connectivity index (χ1v) is 8.89. The van der Waals surface area contributed by atoms with Crippen molar-refractivity contribution in [2.75, 3.05) is 0 Å². The molecule has 0 bridgehead atoms. The summed E-state index contributed by atoms with van der Waals surface area (Å²) in [6.07, 6.45) is 3.84. The molecule has 0 aromatic heterocycles. The van der Waals surface area contributed by atoms with Crippen molar-refractivity contribution in [2.45, 2.75) is 38.0 Å². The average molecular weight is 341 g/mol. The lowest BCUT2D eigenvalue weighted by atomic mass is 9.73. The van der Waals surface area contributed by atoms with Gasteiger partial charge < -0.3 is 0 Å². The number of hydrogen-bond acceptors (Lipinski definition) is 2. The zero-order valence-corrected chi connectivity index (χ0v) is 14.3. The van der Waals surface area contributed by atoms with Crippen molar-refractivity contribution in [1.29, 1.82) is 0 Å². The summed E-state index contributed by atoms with van der Waals surface area (Å²) in [5.41, 5.74) is 1.69. The molecule has 0 saturated heterocycles. The predicted molar refractivity (Wildman–Crippen MR) is 96.5 cm³/mol. The first-order valence-electron chi connectivity index (χ1n) is 8.51. The number of benzene rings is 2. The van der Waals surface area contributed by atoms with E-state index < -0.39 is 0 Å². The van der Waals surface area contributed by atoms with Crippen LogP contribution in [0.1, 0.15) is 53.9 Å². The number of halogens is 1.